The summed E-state index contributed by atoms with van der Waals surface area (Å²) >= 11 is 0. The van der Waals surface area contributed by atoms with Gasteiger partial charge in [-0.2, -0.15) is 5.10 Å². The third kappa shape index (κ3) is 2.20. The predicted molar refractivity (Wildman–Crippen MR) is 56.4 cm³/mol. The summed E-state index contributed by atoms with van der Waals surface area (Å²) in [5, 5.41) is 15.6. The largest absolute Gasteiger partial charge is 0.508 e. The molecule has 82 valence electrons. The molecule has 0 spiro atoms. The van der Waals surface area contributed by atoms with Gasteiger partial charge in [0.05, 0.1) is 17.5 Å². The minimum Gasteiger partial charge on any atom is -0.508 e. The van der Waals surface area contributed by atoms with Gasteiger partial charge in [0.25, 0.3) is 0 Å². The maximum absolute atomic E-state index is 10.6. The van der Waals surface area contributed by atoms with E-state index in [2.05, 4.69) is 10.2 Å². The molecular formula is C11H10N2O3. The molecule has 0 saturated heterocycles. The zero-order valence-electron chi connectivity index (χ0n) is 8.38. The van der Waals surface area contributed by atoms with Gasteiger partial charge in [-0.15, -0.1) is 0 Å². The number of hydrogen-bond donors (Lipinski definition) is 2. The van der Waals surface area contributed by atoms with Crippen LogP contribution in [0.4, 0.5) is 0 Å². The Kier molecular flexibility index (Phi) is 2.86. The smallest absolute Gasteiger partial charge is 0.153 e. The molecule has 1 heterocycles. The molecule has 0 saturated carbocycles. The van der Waals surface area contributed by atoms with Crippen molar-refractivity contribution in [1.29, 1.82) is 0 Å². The van der Waals surface area contributed by atoms with Gasteiger partial charge in [-0.3, -0.25) is 9.89 Å². The Morgan fingerprint density at radius 3 is 3.12 bits per heavy atom. The first-order chi connectivity index (χ1) is 7.79. The van der Waals surface area contributed by atoms with E-state index in [0.29, 0.717) is 23.3 Å². The molecule has 0 aliphatic heterocycles. The molecule has 0 bridgehead atoms. The van der Waals surface area contributed by atoms with Crippen LogP contribution in [0.15, 0.2) is 30.5 Å². The Hall–Kier alpha value is -2.30. The summed E-state index contributed by atoms with van der Waals surface area (Å²) in [7, 11) is 0. The SMILES string of the molecule is O=Cc1cn[nH]c1COc1cccc(O)c1. The summed E-state index contributed by atoms with van der Waals surface area (Å²) in [6.07, 6.45) is 2.15. The van der Waals surface area contributed by atoms with Crippen LogP contribution in [-0.2, 0) is 6.61 Å². The summed E-state index contributed by atoms with van der Waals surface area (Å²) in [6, 6.07) is 6.45. The lowest BCUT2D eigenvalue weighted by Crippen LogP contribution is -1.98. The maximum Gasteiger partial charge on any atom is 0.153 e. The highest BCUT2D eigenvalue weighted by Crippen LogP contribution is 2.18. The Labute approximate surface area is 91.7 Å². The van der Waals surface area contributed by atoms with Gasteiger partial charge in [-0.1, -0.05) is 6.07 Å². The molecule has 16 heavy (non-hydrogen) atoms. The second kappa shape index (κ2) is 4.48. The summed E-state index contributed by atoms with van der Waals surface area (Å²) in [6.45, 7) is 0.206. The van der Waals surface area contributed by atoms with E-state index in [4.69, 9.17) is 4.74 Å². The van der Waals surface area contributed by atoms with Crippen molar-refractivity contribution in [3.8, 4) is 11.5 Å². The summed E-state index contributed by atoms with van der Waals surface area (Å²) in [5.74, 6) is 0.671. The monoisotopic (exact) mass is 218 g/mol. The van der Waals surface area contributed by atoms with Crippen molar-refractivity contribution in [3.05, 3.63) is 41.7 Å². The predicted octanol–water partition coefficient (Wildman–Crippen LogP) is 1.51. The molecule has 0 amide bonds. The molecule has 0 atom stereocenters. The lowest BCUT2D eigenvalue weighted by atomic mass is 10.3. The van der Waals surface area contributed by atoms with Crippen LogP contribution in [0.2, 0.25) is 0 Å². The van der Waals surface area contributed by atoms with Crippen molar-refractivity contribution < 1.29 is 14.6 Å². The number of carbonyl (C=O) groups excluding carboxylic acids is 1. The number of H-pyrrole nitrogens is 1. The molecule has 1 aromatic heterocycles. The molecule has 2 N–H and O–H groups in total. The molecule has 0 fully saturated rings. The molecule has 0 radical (unpaired) electrons. The number of ether oxygens (including phenoxy) is 1. The number of aromatic hydroxyl groups is 1. The molecule has 2 rings (SSSR count). The topological polar surface area (TPSA) is 75.2 Å². The fourth-order valence-electron chi connectivity index (χ4n) is 1.27. The number of hydrogen-bond acceptors (Lipinski definition) is 4. The van der Waals surface area contributed by atoms with Crippen LogP contribution in [0.5, 0.6) is 11.5 Å². The van der Waals surface area contributed by atoms with Gasteiger partial charge in [0.1, 0.15) is 18.1 Å². The van der Waals surface area contributed by atoms with Crippen LogP contribution in [0.3, 0.4) is 0 Å². The molecule has 1 aromatic carbocycles. The van der Waals surface area contributed by atoms with E-state index in [9.17, 15) is 9.90 Å². The average molecular weight is 218 g/mol. The van der Waals surface area contributed by atoms with Gasteiger partial charge < -0.3 is 9.84 Å². The Morgan fingerprint density at radius 1 is 1.50 bits per heavy atom. The van der Waals surface area contributed by atoms with Crippen LogP contribution in [0, 0.1) is 0 Å². The number of nitrogens with one attached hydrogen (secondary N) is 1. The number of aromatic nitrogens is 2. The Bertz CT molecular complexity index is 493. The second-order valence-corrected chi connectivity index (χ2v) is 3.21. The van der Waals surface area contributed by atoms with E-state index < -0.39 is 0 Å². The third-order valence-electron chi connectivity index (χ3n) is 2.08. The number of rotatable bonds is 4. The molecule has 5 nitrogen and oxygen atoms in total. The molecular weight excluding hydrogens is 208 g/mol. The lowest BCUT2D eigenvalue weighted by molar-refractivity contribution is 0.112. The number of benzene rings is 1. The van der Waals surface area contributed by atoms with Gasteiger partial charge in [0.15, 0.2) is 6.29 Å². The highest BCUT2D eigenvalue weighted by Gasteiger charge is 2.04. The van der Waals surface area contributed by atoms with E-state index in [1.54, 1.807) is 18.2 Å². The summed E-state index contributed by atoms with van der Waals surface area (Å²) in [4.78, 5) is 10.6. The molecule has 5 heteroatoms. The Balaban J connectivity index is 2.05. The fraction of sp³-hybridized carbons (Fsp3) is 0.0909. The number of carbonyl (C=O) groups is 1. The lowest BCUT2D eigenvalue weighted by Gasteiger charge is -2.05. The van der Waals surface area contributed by atoms with Crippen LogP contribution >= 0.6 is 0 Å². The number of aldehydes is 1. The average Bonchev–Trinajstić information content (AvgIpc) is 2.74. The van der Waals surface area contributed by atoms with Gasteiger partial charge in [-0.25, -0.2) is 0 Å². The first kappa shape index (κ1) is 10.2. The quantitative estimate of drug-likeness (QED) is 0.762. The fourth-order valence-corrected chi connectivity index (χ4v) is 1.27. The summed E-state index contributed by atoms with van der Waals surface area (Å²) < 4.78 is 5.38. The number of nitrogens with zero attached hydrogens (tertiary/aromatic N) is 1. The molecule has 0 unspecified atom stereocenters. The zero-order valence-corrected chi connectivity index (χ0v) is 8.38. The van der Waals surface area contributed by atoms with Gasteiger partial charge >= 0.3 is 0 Å². The van der Waals surface area contributed by atoms with Crippen molar-refractivity contribution in [2.75, 3.05) is 0 Å². The molecule has 0 aliphatic rings. The van der Waals surface area contributed by atoms with Crippen molar-refractivity contribution in [1.82, 2.24) is 10.2 Å². The van der Waals surface area contributed by atoms with E-state index in [-0.39, 0.29) is 12.4 Å². The van der Waals surface area contributed by atoms with Crippen LogP contribution in [-0.4, -0.2) is 21.6 Å². The van der Waals surface area contributed by atoms with E-state index >= 15 is 0 Å². The first-order valence-corrected chi connectivity index (χ1v) is 4.69. The maximum atomic E-state index is 10.6. The number of aromatic amines is 1. The zero-order chi connectivity index (χ0) is 11.4. The van der Waals surface area contributed by atoms with Crippen LogP contribution < -0.4 is 4.74 Å². The van der Waals surface area contributed by atoms with Crippen molar-refractivity contribution >= 4 is 6.29 Å². The van der Waals surface area contributed by atoms with Gasteiger partial charge in [0, 0.05) is 6.07 Å². The molecule has 2 aromatic rings. The van der Waals surface area contributed by atoms with E-state index in [0.717, 1.165) is 0 Å². The van der Waals surface area contributed by atoms with Gasteiger partial charge in [0.2, 0.25) is 0 Å². The van der Waals surface area contributed by atoms with Gasteiger partial charge in [-0.05, 0) is 12.1 Å². The standard InChI is InChI=1S/C11H10N2O3/c14-6-8-5-12-13-11(8)7-16-10-3-1-2-9(15)4-10/h1-6,15H,7H2,(H,12,13). The Morgan fingerprint density at radius 2 is 2.38 bits per heavy atom. The minimum atomic E-state index is 0.137. The molecule has 0 aliphatic carbocycles. The number of phenols is 1. The van der Waals surface area contributed by atoms with Crippen LogP contribution in [0.25, 0.3) is 0 Å². The normalized spacial score (nSPS) is 10.0. The first-order valence-electron chi connectivity index (χ1n) is 4.69. The van der Waals surface area contributed by atoms with Crippen molar-refractivity contribution in [3.63, 3.8) is 0 Å². The highest BCUT2D eigenvalue weighted by molar-refractivity contribution is 5.75. The number of phenolic OH excluding ortho intramolecular Hbond substituents is 1. The highest BCUT2D eigenvalue weighted by atomic mass is 16.5. The van der Waals surface area contributed by atoms with Crippen molar-refractivity contribution in [2.45, 2.75) is 6.61 Å². The minimum absolute atomic E-state index is 0.137. The summed E-state index contributed by atoms with van der Waals surface area (Å²) in [5.41, 5.74) is 1.08. The van der Waals surface area contributed by atoms with Crippen molar-refractivity contribution in [2.24, 2.45) is 0 Å². The second-order valence-electron chi connectivity index (χ2n) is 3.21. The van der Waals surface area contributed by atoms with Crippen LogP contribution in [0.1, 0.15) is 16.1 Å². The third-order valence-corrected chi connectivity index (χ3v) is 2.08. The van der Waals surface area contributed by atoms with E-state index in [1.165, 1.54) is 12.3 Å². The van der Waals surface area contributed by atoms with E-state index in [1.807, 2.05) is 0 Å².